The maximum Gasteiger partial charge on any atom is 0.206 e. The van der Waals surface area contributed by atoms with Crippen LogP contribution in [0.1, 0.15) is 13.3 Å². The van der Waals surface area contributed by atoms with Gasteiger partial charge in [-0.25, -0.2) is 0 Å². The van der Waals surface area contributed by atoms with E-state index in [0.717, 1.165) is 35.1 Å². The zero-order valence-corrected chi connectivity index (χ0v) is 11.1. The highest BCUT2D eigenvalue weighted by Crippen LogP contribution is 2.17. The number of anilines is 1. The second kappa shape index (κ2) is 6.19. The van der Waals surface area contributed by atoms with Crippen LogP contribution in [-0.4, -0.2) is 48.8 Å². The lowest BCUT2D eigenvalue weighted by Gasteiger charge is -2.20. The predicted molar refractivity (Wildman–Crippen MR) is 68.4 cm³/mol. The number of H-pyrrole nitrogens is 1. The van der Waals surface area contributed by atoms with Gasteiger partial charge in [0, 0.05) is 13.1 Å². The minimum Gasteiger partial charge on any atom is -0.347 e. The minimum absolute atomic E-state index is 0.746. The molecule has 0 amide bonds. The Hall–Kier alpha value is -0.460. The molecule has 15 heavy (non-hydrogen) atoms. The third kappa shape index (κ3) is 4.27. The van der Waals surface area contributed by atoms with Crippen molar-refractivity contribution in [2.24, 2.45) is 0 Å². The summed E-state index contributed by atoms with van der Waals surface area (Å²) in [6, 6.07) is 0. The number of nitrogens with zero attached hydrogens (tertiary/aromatic N) is 3. The van der Waals surface area contributed by atoms with Crippen molar-refractivity contribution in [3.05, 3.63) is 3.95 Å². The van der Waals surface area contributed by atoms with E-state index in [1.54, 1.807) is 0 Å². The molecule has 0 bridgehead atoms. The van der Waals surface area contributed by atoms with E-state index in [1.165, 1.54) is 11.3 Å². The van der Waals surface area contributed by atoms with E-state index in [1.807, 2.05) is 0 Å². The van der Waals surface area contributed by atoms with Gasteiger partial charge in [0.05, 0.1) is 0 Å². The molecule has 86 valence electrons. The van der Waals surface area contributed by atoms with Gasteiger partial charge in [0.15, 0.2) is 3.95 Å². The van der Waals surface area contributed by atoms with E-state index in [-0.39, 0.29) is 0 Å². The molecule has 1 rings (SSSR count). The van der Waals surface area contributed by atoms with Crippen LogP contribution in [-0.2, 0) is 0 Å². The molecule has 6 heteroatoms. The van der Waals surface area contributed by atoms with Crippen molar-refractivity contribution in [2.75, 3.05) is 38.6 Å². The van der Waals surface area contributed by atoms with Crippen molar-refractivity contribution < 1.29 is 0 Å². The number of hydrogen-bond donors (Lipinski definition) is 1. The van der Waals surface area contributed by atoms with Gasteiger partial charge in [0.25, 0.3) is 0 Å². The number of rotatable bonds is 6. The molecule has 4 nitrogen and oxygen atoms in total. The van der Waals surface area contributed by atoms with Crippen LogP contribution in [0.2, 0.25) is 0 Å². The summed E-state index contributed by atoms with van der Waals surface area (Å²) < 4.78 is 0.746. The normalized spacial score (nSPS) is 10.9. The first-order chi connectivity index (χ1) is 7.13. The van der Waals surface area contributed by atoms with Crippen LogP contribution in [0, 0.1) is 3.95 Å². The van der Waals surface area contributed by atoms with E-state index < -0.39 is 0 Å². The summed E-state index contributed by atoms with van der Waals surface area (Å²) in [4.78, 5) is 4.45. The smallest absolute Gasteiger partial charge is 0.206 e. The Balaban J connectivity index is 2.46. The minimum atomic E-state index is 0.746. The monoisotopic (exact) mass is 246 g/mol. The largest absolute Gasteiger partial charge is 0.347 e. The van der Waals surface area contributed by atoms with Gasteiger partial charge in [0.2, 0.25) is 5.13 Å². The Morgan fingerprint density at radius 1 is 1.40 bits per heavy atom. The van der Waals surface area contributed by atoms with Crippen LogP contribution in [0.5, 0.6) is 0 Å². The number of nitrogens with one attached hydrogen (secondary N) is 1. The average Bonchev–Trinajstić information content (AvgIpc) is 2.59. The zero-order chi connectivity index (χ0) is 11.3. The molecule has 0 aromatic carbocycles. The lowest BCUT2D eigenvalue weighted by atomic mass is 10.4. The summed E-state index contributed by atoms with van der Waals surface area (Å²) in [5, 5.41) is 8.00. The first-order valence-electron chi connectivity index (χ1n) is 5.08. The highest BCUT2D eigenvalue weighted by atomic mass is 32.1. The third-order valence-electron chi connectivity index (χ3n) is 2.11. The molecule has 0 unspecified atom stereocenters. The van der Waals surface area contributed by atoms with Crippen LogP contribution >= 0.6 is 23.6 Å². The Morgan fingerprint density at radius 3 is 2.60 bits per heavy atom. The van der Waals surface area contributed by atoms with Gasteiger partial charge in [-0.3, -0.25) is 5.10 Å². The van der Waals surface area contributed by atoms with Crippen LogP contribution in [0.15, 0.2) is 0 Å². The molecule has 1 aromatic heterocycles. The van der Waals surface area contributed by atoms with Crippen molar-refractivity contribution in [1.29, 1.82) is 0 Å². The van der Waals surface area contributed by atoms with Gasteiger partial charge in [0.1, 0.15) is 0 Å². The molecular weight excluding hydrogens is 228 g/mol. The summed E-state index contributed by atoms with van der Waals surface area (Å²) in [5.74, 6) is 0. The highest BCUT2D eigenvalue weighted by molar-refractivity contribution is 7.73. The molecule has 0 radical (unpaired) electrons. The molecule has 0 aliphatic carbocycles. The topological polar surface area (TPSA) is 35.2 Å². The number of hydrogen-bond acceptors (Lipinski definition) is 5. The molecule has 1 heterocycles. The van der Waals surface area contributed by atoms with Gasteiger partial charge >= 0.3 is 0 Å². The maximum absolute atomic E-state index is 5.02. The summed E-state index contributed by atoms with van der Waals surface area (Å²) in [6.45, 7) is 5.25. The Morgan fingerprint density at radius 2 is 2.13 bits per heavy atom. The zero-order valence-electron chi connectivity index (χ0n) is 9.49. The van der Waals surface area contributed by atoms with Gasteiger partial charge in [-0.15, -0.1) is 5.10 Å². The molecule has 0 saturated heterocycles. The molecule has 1 N–H and O–H groups in total. The van der Waals surface area contributed by atoms with E-state index in [2.05, 4.69) is 41.0 Å². The first-order valence-corrected chi connectivity index (χ1v) is 6.31. The van der Waals surface area contributed by atoms with Gasteiger partial charge in [-0.1, -0.05) is 11.3 Å². The molecule has 0 saturated carbocycles. The molecule has 0 spiro atoms. The predicted octanol–water partition coefficient (Wildman–Crippen LogP) is 1.98. The molecular formula is C9H18N4S2. The standard InChI is InChI=1S/C9H18N4S2/c1-4-13(7-5-6-12(2)3)8-10-11-9(14)15-8/h4-7H2,1-3H3,(H,11,14). The van der Waals surface area contributed by atoms with Gasteiger partial charge in [-0.2, -0.15) is 0 Å². The fraction of sp³-hybridized carbons (Fsp3) is 0.778. The fourth-order valence-corrected chi connectivity index (χ4v) is 2.29. The highest BCUT2D eigenvalue weighted by Gasteiger charge is 2.07. The summed E-state index contributed by atoms with van der Waals surface area (Å²) in [5.41, 5.74) is 0. The SMILES string of the molecule is CCN(CCCN(C)C)c1n[nH]c(=S)s1. The van der Waals surface area contributed by atoms with Crippen LogP contribution in [0.3, 0.4) is 0 Å². The quantitative estimate of drug-likeness (QED) is 0.779. The molecule has 1 aromatic rings. The van der Waals surface area contributed by atoms with Crippen LogP contribution in [0.25, 0.3) is 0 Å². The van der Waals surface area contributed by atoms with Crippen molar-refractivity contribution in [2.45, 2.75) is 13.3 Å². The van der Waals surface area contributed by atoms with Crippen molar-refractivity contribution in [1.82, 2.24) is 15.1 Å². The molecule has 0 aliphatic heterocycles. The van der Waals surface area contributed by atoms with Crippen molar-refractivity contribution in [3.63, 3.8) is 0 Å². The second-order valence-corrected chi connectivity index (χ2v) is 5.28. The molecule has 0 fully saturated rings. The summed E-state index contributed by atoms with van der Waals surface area (Å²) in [6.07, 6.45) is 1.15. The summed E-state index contributed by atoms with van der Waals surface area (Å²) >= 11 is 6.56. The van der Waals surface area contributed by atoms with E-state index >= 15 is 0 Å². The van der Waals surface area contributed by atoms with Gasteiger partial charge in [-0.05, 0) is 46.2 Å². The second-order valence-electron chi connectivity index (χ2n) is 3.63. The van der Waals surface area contributed by atoms with Crippen LogP contribution < -0.4 is 4.90 Å². The lowest BCUT2D eigenvalue weighted by molar-refractivity contribution is 0.400. The maximum atomic E-state index is 5.02. The molecule has 0 aliphatic rings. The Bertz CT molecular complexity index is 331. The van der Waals surface area contributed by atoms with Crippen LogP contribution in [0.4, 0.5) is 5.13 Å². The Labute approximate surface area is 99.9 Å². The van der Waals surface area contributed by atoms with Crippen molar-refractivity contribution >= 4 is 28.7 Å². The van der Waals surface area contributed by atoms with E-state index in [0.29, 0.717) is 0 Å². The Kier molecular flexibility index (Phi) is 5.21. The van der Waals surface area contributed by atoms with Crippen molar-refractivity contribution in [3.8, 4) is 0 Å². The average molecular weight is 246 g/mol. The number of aromatic amines is 1. The first kappa shape index (κ1) is 12.6. The third-order valence-corrected chi connectivity index (χ3v) is 3.26. The fourth-order valence-electron chi connectivity index (χ4n) is 1.32. The van der Waals surface area contributed by atoms with E-state index in [9.17, 15) is 0 Å². The molecule has 0 atom stereocenters. The van der Waals surface area contributed by atoms with E-state index in [4.69, 9.17) is 12.2 Å². The summed E-state index contributed by atoms with van der Waals surface area (Å²) in [7, 11) is 4.18. The van der Waals surface area contributed by atoms with Gasteiger partial charge < -0.3 is 9.80 Å². The lowest BCUT2D eigenvalue weighted by Crippen LogP contribution is -2.26. The number of aromatic nitrogens is 2.